The quantitative estimate of drug-likeness (QED) is 0.160. The number of methoxy groups -OCH3 is 2. The van der Waals surface area contributed by atoms with Crippen LogP contribution in [0.15, 0.2) is 81.9 Å². The van der Waals surface area contributed by atoms with Gasteiger partial charge in [-0.2, -0.15) is 4.31 Å². The molecular formula is C42H47F2NO7S2. The van der Waals surface area contributed by atoms with Gasteiger partial charge in [-0.1, -0.05) is 44.2 Å². The summed E-state index contributed by atoms with van der Waals surface area (Å²) >= 11 is 1.11. The molecule has 2 aromatic carbocycles. The second-order valence-corrected chi connectivity index (χ2v) is 19.8. The van der Waals surface area contributed by atoms with Crippen LogP contribution in [-0.2, 0) is 16.6 Å². The minimum Gasteiger partial charge on any atom is -0.497 e. The van der Waals surface area contributed by atoms with Gasteiger partial charge in [-0.25, -0.2) is 17.2 Å². The van der Waals surface area contributed by atoms with Gasteiger partial charge in [0, 0.05) is 52.1 Å². The van der Waals surface area contributed by atoms with Gasteiger partial charge in [0.05, 0.1) is 25.9 Å². The van der Waals surface area contributed by atoms with Crippen LogP contribution in [0.1, 0.15) is 74.7 Å². The van der Waals surface area contributed by atoms with Gasteiger partial charge in [-0.05, 0) is 97.9 Å². The summed E-state index contributed by atoms with van der Waals surface area (Å²) in [4.78, 5) is 14.7. The van der Waals surface area contributed by atoms with E-state index in [4.69, 9.17) is 9.47 Å². The number of ether oxygens (including phenoxy) is 2. The predicted molar refractivity (Wildman–Crippen MR) is 201 cm³/mol. The van der Waals surface area contributed by atoms with Crippen LogP contribution < -0.4 is 9.47 Å². The summed E-state index contributed by atoms with van der Waals surface area (Å²) < 4.78 is 70.2. The Labute approximate surface area is 319 Å². The van der Waals surface area contributed by atoms with Crippen molar-refractivity contribution in [2.24, 2.45) is 33.5 Å². The zero-order valence-corrected chi connectivity index (χ0v) is 32.6. The molecule has 54 heavy (non-hydrogen) atoms. The Balaban J connectivity index is 1.23. The maximum Gasteiger partial charge on any atom is 0.252 e. The number of thiophene rings is 1. The number of hydrogen-bond acceptors (Lipinski definition) is 8. The third-order valence-corrected chi connectivity index (χ3v) is 17.7. The van der Waals surface area contributed by atoms with E-state index >= 15 is 0 Å². The van der Waals surface area contributed by atoms with Crippen molar-refractivity contribution in [1.29, 1.82) is 0 Å². The summed E-state index contributed by atoms with van der Waals surface area (Å²) in [5.74, 6) is -1.84. The molecule has 0 saturated heterocycles. The number of benzene rings is 2. The lowest BCUT2D eigenvalue weighted by molar-refractivity contribution is -0.173. The Morgan fingerprint density at radius 3 is 2.39 bits per heavy atom. The maximum absolute atomic E-state index is 14.7. The fraction of sp³-hybridized carbons (Fsp3) is 0.500. The fourth-order valence-electron chi connectivity index (χ4n) is 11.6. The highest BCUT2D eigenvalue weighted by Crippen LogP contribution is 2.78. The summed E-state index contributed by atoms with van der Waals surface area (Å²) in [6, 6.07) is 11.7. The van der Waals surface area contributed by atoms with Crippen LogP contribution in [0, 0.1) is 45.1 Å². The van der Waals surface area contributed by atoms with Crippen LogP contribution in [0.3, 0.4) is 0 Å². The van der Waals surface area contributed by atoms with Crippen molar-refractivity contribution in [3.8, 4) is 11.5 Å². The number of halogens is 2. The van der Waals surface area contributed by atoms with Gasteiger partial charge in [0.15, 0.2) is 17.4 Å². The summed E-state index contributed by atoms with van der Waals surface area (Å²) in [6.07, 6.45) is 9.67. The molecule has 6 aliphatic rings. The summed E-state index contributed by atoms with van der Waals surface area (Å²) in [5.41, 5.74) is -2.97. The third kappa shape index (κ3) is 5.19. The first-order valence-corrected chi connectivity index (χ1v) is 21.0. The third-order valence-electron chi connectivity index (χ3n) is 14.5. The first-order chi connectivity index (χ1) is 25.6. The van der Waals surface area contributed by atoms with E-state index in [1.165, 1.54) is 17.5 Å². The van der Waals surface area contributed by atoms with Crippen LogP contribution in [0.4, 0.5) is 8.78 Å². The van der Waals surface area contributed by atoms with Crippen LogP contribution in [0.2, 0.25) is 0 Å². The predicted octanol–water partition coefficient (Wildman–Crippen LogP) is 7.71. The molecule has 0 radical (unpaired) electrons. The standard InChI is InChI=1S/C42H47F2NO7S2/c1-38-14-11-28(46)22-40(38)17-18-42(30(23-40)37(47)26-8-10-31(43)32(44)20-26)34(38)12-15-39(2)35(42)13-16-41(39,48)25-45(54(49,50)36-6-5-19-53-36)24-27-7-9-29(51-3)21-33(27)52-4/h5-10,17-21,23,28,34-35,46,48H,11-16,22,24-25H2,1-4H3/t28?,34-,35-,38-,39+,40+,41-,42-/m1/s1. The van der Waals surface area contributed by atoms with Gasteiger partial charge < -0.3 is 19.7 Å². The number of rotatable bonds is 10. The number of ketones is 1. The Morgan fingerprint density at radius 2 is 1.69 bits per heavy atom. The molecule has 2 bridgehead atoms. The number of aliphatic hydroxyl groups is 2. The molecule has 8 atom stereocenters. The van der Waals surface area contributed by atoms with E-state index in [2.05, 4.69) is 19.1 Å². The van der Waals surface area contributed by atoms with Crippen molar-refractivity contribution in [1.82, 2.24) is 4.31 Å². The molecule has 3 saturated carbocycles. The van der Waals surface area contributed by atoms with Crippen LogP contribution in [0.5, 0.6) is 11.5 Å². The second kappa shape index (κ2) is 12.8. The van der Waals surface area contributed by atoms with Gasteiger partial charge in [-0.3, -0.25) is 4.79 Å². The molecule has 3 fully saturated rings. The van der Waals surface area contributed by atoms with E-state index in [9.17, 15) is 32.2 Å². The molecule has 8 nitrogen and oxygen atoms in total. The molecule has 288 valence electrons. The fourth-order valence-corrected chi connectivity index (χ4v) is 14.2. The van der Waals surface area contributed by atoms with Gasteiger partial charge in [-0.15, -0.1) is 11.3 Å². The maximum atomic E-state index is 14.7. The van der Waals surface area contributed by atoms with Crippen molar-refractivity contribution in [3.63, 3.8) is 0 Å². The number of carbonyl (C=O) groups is 1. The average Bonchev–Trinajstić information content (AvgIpc) is 3.79. The minimum atomic E-state index is -4.09. The number of aliphatic hydroxyl groups excluding tert-OH is 1. The molecule has 0 amide bonds. The first-order valence-electron chi connectivity index (χ1n) is 18.7. The van der Waals surface area contributed by atoms with Gasteiger partial charge in [0.25, 0.3) is 10.0 Å². The van der Waals surface area contributed by atoms with E-state index in [1.54, 1.807) is 42.8 Å². The largest absolute Gasteiger partial charge is 0.497 e. The van der Waals surface area contributed by atoms with E-state index in [-0.39, 0.29) is 40.1 Å². The normalized spacial score (nSPS) is 35.3. The molecule has 0 aliphatic heterocycles. The molecule has 1 aromatic heterocycles. The van der Waals surface area contributed by atoms with Crippen LogP contribution in [0.25, 0.3) is 0 Å². The summed E-state index contributed by atoms with van der Waals surface area (Å²) in [7, 11) is -1.03. The molecular weight excluding hydrogens is 733 g/mol. The molecule has 2 N–H and O–H groups in total. The van der Waals surface area contributed by atoms with E-state index in [0.717, 1.165) is 29.9 Å². The van der Waals surface area contributed by atoms with Gasteiger partial charge >= 0.3 is 0 Å². The van der Waals surface area contributed by atoms with E-state index < -0.39 is 55.4 Å². The van der Waals surface area contributed by atoms with Crippen molar-refractivity contribution in [3.05, 3.63) is 100 Å². The highest BCUT2D eigenvalue weighted by molar-refractivity contribution is 7.91. The van der Waals surface area contributed by atoms with Crippen molar-refractivity contribution >= 4 is 27.1 Å². The van der Waals surface area contributed by atoms with Gasteiger partial charge in [0.2, 0.25) is 0 Å². The number of allylic oxidation sites excluding steroid dienone is 4. The lowest BCUT2D eigenvalue weighted by Crippen LogP contribution is -2.67. The SMILES string of the molecule is COc1ccc(CN(C[C@]2(O)CC[C@H]3[C@]45C=C[C@@]6(C=C4C(=O)c4ccc(F)c(F)c4)CC(O)CC[C@]6(C)[C@H]5CC[C@@]32C)S(=O)(=O)c2cccs2)c(OC)c1. The zero-order valence-electron chi connectivity index (χ0n) is 31.0. The number of fused-ring (bicyclic) bond motifs is 1. The molecule has 3 aromatic rings. The number of nitrogens with zero attached hydrogens (tertiary/aromatic N) is 1. The Bertz CT molecular complexity index is 2170. The molecule has 6 aliphatic carbocycles. The van der Waals surface area contributed by atoms with Gasteiger partial charge in [0.1, 0.15) is 15.7 Å². The Kier molecular flexibility index (Phi) is 8.89. The van der Waals surface area contributed by atoms with Crippen LogP contribution in [-0.4, -0.2) is 61.2 Å². The number of carbonyl (C=O) groups excluding carboxylic acids is 1. The molecule has 1 unspecified atom stereocenters. The van der Waals surface area contributed by atoms with Crippen LogP contribution >= 0.6 is 11.3 Å². The highest BCUT2D eigenvalue weighted by Gasteiger charge is 2.74. The second-order valence-electron chi connectivity index (χ2n) is 16.7. The number of hydrogen-bond donors (Lipinski definition) is 2. The molecule has 2 spiro atoms. The zero-order chi connectivity index (χ0) is 38.5. The lowest BCUT2D eigenvalue weighted by atomic mass is 9.32. The summed E-state index contributed by atoms with van der Waals surface area (Å²) in [5, 5.41) is 25.8. The van der Waals surface area contributed by atoms with E-state index in [1.807, 2.05) is 13.0 Å². The molecule has 12 heteroatoms. The van der Waals surface area contributed by atoms with E-state index in [0.29, 0.717) is 61.2 Å². The number of Topliss-reactive ketones (excluding diaryl/α,β-unsaturated/α-hetero) is 1. The van der Waals surface area contributed by atoms with Crippen molar-refractivity contribution in [2.75, 3.05) is 20.8 Å². The Hall–Kier alpha value is -3.42. The van der Waals surface area contributed by atoms with Crippen molar-refractivity contribution in [2.45, 2.75) is 81.3 Å². The average molecular weight is 780 g/mol. The molecule has 9 rings (SSSR count). The smallest absolute Gasteiger partial charge is 0.252 e. The molecule has 1 heterocycles. The monoisotopic (exact) mass is 779 g/mol. The lowest BCUT2D eigenvalue weighted by Gasteiger charge is -2.71. The Morgan fingerprint density at radius 1 is 0.944 bits per heavy atom. The summed E-state index contributed by atoms with van der Waals surface area (Å²) in [6.45, 7) is 4.05. The number of sulfonamides is 1. The van der Waals surface area contributed by atoms with Crippen molar-refractivity contribution < 1.29 is 41.7 Å². The topological polar surface area (TPSA) is 113 Å². The highest BCUT2D eigenvalue weighted by atomic mass is 32.2. The first kappa shape index (κ1) is 37.5. The minimum absolute atomic E-state index is 0.0355.